The van der Waals surface area contributed by atoms with Gasteiger partial charge in [0.1, 0.15) is 17.3 Å². The lowest BCUT2D eigenvalue weighted by Crippen LogP contribution is -2.09. The van der Waals surface area contributed by atoms with Crippen LogP contribution in [0.4, 0.5) is 10.2 Å². The van der Waals surface area contributed by atoms with E-state index in [0.29, 0.717) is 23.0 Å². The summed E-state index contributed by atoms with van der Waals surface area (Å²) >= 11 is 0. The molecular weight excluding hydrogens is 257 g/mol. The zero-order chi connectivity index (χ0) is 14.9. The first-order valence-electron chi connectivity index (χ1n) is 6.60. The van der Waals surface area contributed by atoms with E-state index in [1.807, 2.05) is 11.5 Å². The third-order valence-corrected chi connectivity index (χ3v) is 3.17. The van der Waals surface area contributed by atoms with E-state index in [4.69, 9.17) is 10.5 Å². The molecule has 20 heavy (non-hydrogen) atoms. The molecular formula is C15H20FN3O. The van der Waals surface area contributed by atoms with E-state index in [1.165, 1.54) is 13.2 Å². The number of imidazole rings is 1. The van der Waals surface area contributed by atoms with Crippen molar-refractivity contribution in [3.05, 3.63) is 29.8 Å². The maximum absolute atomic E-state index is 13.8. The van der Waals surface area contributed by atoms with Crippen LogP contribution in [-0.4, -0.2) is 16.7 Å². The van der Waals surface area contributed by atoms with Gasteiger partial charge < -0.3 is 15.0 Å². The molecule has 0 bridgehead atoms. The van der Waals surface area contributed by atoms with Crippen molar-refractivity contribution < 1.29 is 9.13 Å². The molecule has 0 fully saturated rings. The van der Waals surface area contributed by atoms with Crippen LogP contribution in [-0.2, 0) is 6.54 Å². The van der Waals surface area contributed by atoms with Gasteiger partial charge in [0.2, 0.25) is 0 Å². The van der Waals surface area contributed by atoms with Gasteiger partial charge in [0.25, 0.3) is 0 Å². The number of anilines is 1. The third kappa shape index (κ3) is 2.61. The van der Waals surface area contributed by atoms with Gasteiger partial charge in [-0.25, -0.2) is 9.37 Å². The summed E-state index contributed by atoms with van der Waals surface area (Å²) in [7, 11) is 1.44. The normalized spacial score (nSPS) is 11.1. The van der Waals surface area contributed by atoms with E-state index in [9.17, 15) is 4.39 Å². The highest BCUT2D eigenvalue weighted by Gasteiger charge is 2.16. The number of halogens is 1. The molecule has 4 nitrogen and oxygen atoms in total. The largest absolute Gasteiger partial charge is 0.494 e. The molecule has 5 heteroatoms. The number of hydrogen-bond donors (Lipinski definition) is 1. The Bertz CT molecular complexity index is 620. The van der Waals surface area contributed by atoms with Crippen LogP contribution in [0.25, 0.3) is 11.3 Å². The summed E-state index contributed by atoms with van der Waals surface area (Å²) in [5.74, 6) is 1.67. The Hall–Kier alpha value is -2.04. The molecule has 1 heterocycles. The van der Waals surface area contributed by atoms with Gasteiger partial charge in [-0.3, -0.25) is 0 Å². The topological polar surface area (TPSA) is 53.1 Å². The second-order valence-corrected chi connectivity index (χ2v) is 5.25. The molecule has 0 aliphatic heterocycles. The highest BCUT2D eigenvalue weighted by atomic mass is 19.1. The van der Waals surface area contributed by atoms with Crippen molar-refractivity contribution in [1.29, 1.82) is 0 Å². The maximum Gasteiger partial charge on any atom is 0.165 e. The van der Waals surface area contributed by atoms with Gasteiger partial charge in [0.05, 0.1) is 7.11 Å². The number of aryl methyl sites for hydroxylation is 1. The highest BCUT2D eigenvalue weighted by molar-refractivity contribution is 5.71. The summed E-state index contributed by atoms with van der Waals surface area (Å²) in [6, 6.07) is 4.75. The van der Waals surface area contributed by atoms with Crippen molar-refractivity contribution in [3.63, 3.8) is 0 Å². The summed E-state index contributed by atoms with van der Waals surface area (Å²) in [4.78, 5) is 4.46. The molecule has 0 unspecified atom stereocenters. The van der Waals surface area contributed by atoms with Crippen LogP contribution in [0.2, 0.25) is 0 Å². The van der Waals surface area contributed by atoms with Crippen LogP contribution in [0, 0.1) is 18.7 Å². The molecule has 2 N–H and O–H groups in total. The van der Waals surface area contributed by atoms with Gasteiger partial charge in [-0.15, -0.1) is 0 Å². The number of nitrogens with zero attached hydrogens (tertiary/aromatic N) is 2. The Morgan fingerprint density at radius 3 is 2.65 bits per heavy atom. The molecule has 0 radical (unpaired) electrons. The van der Waals surface area contributed by atoms with Gasteiger partial charge in [0, 0.05) is 12.1 Å². The first kappa shape index (κ1) is 14.4. The van der Waals surface area contributed by atoms with Crippen molar-refractivity contribution in [2.45, 2.75) is 27.3 Å². The van der Waals surface area contributed by atoms with Crippen molar-refractivity contribution in [2.24, 2.45) is 5.92 Å². The zero-order valence-corrected chi connectivity index (χ0v) is 12.3. The quantitative estimate of drug-likeness (QED) is 0.933. The van der Waals surface area contributed by atoms with E-state index in [0.717, 1.165) is 12.4 Å². The van der Waals surface area contributed by atoms with E-state index in [-0.39, 0.29) is 5.75 Å². The van der Waals surface area contributed by atoms with E-state index in [1.54, 1.807) is 12.1 Å². The van der Waals surface area contributed by atoms with Crippen LogP contribution in [0.1, 0.15) is 19.7 Å². The maximum atomic E-state index is 13.8. The van der Waals surface area contributed by atoms with Crippen molar-refractivity contribution >= 4 is 5.82 Å². The number of hydrogen-bond acceptors (Lipinski definition) is 3. The molecule has 2 rings (SSSR count). The molecule has 0 saturated carbocycles. The van der Waals surface area contributed by atoms with Crippen LogP contribution in [0.15, 0.2) is 18.2 Å². The van der Waals surface area contributed by atoms with Crippen molar-refractivity contribution in [1.82, 2.24) is 9.55 Å². The summed E-state index contributed by atoms with van der Waals surface area (Å²) in [6.07, 6.45) is 0. The van der Waals surface area contributed by atoms with E-state index >= 15 is 0 Å². The van der Waals surface area contributed by atoms with Crippen LogP contribution < -0.4 is 10.5 Å². The minimum atomic E-state index is -0.416. The first-order valence-corrected chi connectivity index (χ1v) is 6.60. The number of nitrogens with two attached hydrogens (primary N) is 1. The average Bonchev–Trinajstić information content (AvgIpc) is 2.66. The predicted molar refractivity (Wildman–Crippen MR) is 78.2 cm³/mol. The second-order valence-electron chi connectivity index (χ2n) is 5.25. The minimum Gasteiger partial charge on any atom is -0.494 e. The molecule has 0 saturated heterocycles. The van der Waals surface area contributed by atoms with Gasteiger partial charge >= 0.3 is 0 Å². The van der Waals surface area contributed by atoms with Crippen molar-refractivity contribution in [3.8, 4) is 17.0 Å². The fourth-order valence-corrected chi connectivity index (χ4v) is 2.20. The predicted octanol–water partition coefficient (Wildman–Crippen LogP) is 3.24. The van der Waals surface area contributed by atoms with Crippen LogP contribution in [0.3, 0.4) is 0 Å². The second kappa shape index (κ2) is 5.53. The fraction of sp³-hybridized carbons (Fsp3) is 0.400. The molecule has 1 aromatic heterocycles. The molecule has 108 valence electrons. The first-order chi connectivity index (χ1) is 9.43. The minimum absolute atomic E-state index is 0.214. The molecule has 2 aromatic rings. The standard InChI is InChI=1S/C15H20FN3O/c1-9(2)8-19-10(3)18-14(15(19)17)11-5-6-13(20-4)12(16)7-11/h5-7,9H,8,17H2,1-4H3. The summed E-state index contributed by atoms with van der Waals surface area (Å²) in [5, 5.41) is 0. The highest BCUT2D eigenvalue weighted by Crippen LogP contribution is 2.30. The Morgan fingerprint density at radius 2 is 2.10 bits per heavy atom. The zero-order valence-electron chi connectivity index (χ0n) is 12.3. The lowest BCUT2D eigenvalue weighted by atomic mass is 10.1. The van der Waals surface area contributed by atoms with Gasteiger partial charge in [0.15, 0.2) is 11.6 Å². The Kier molecular flexibility index (Phi) is 3.97. The molecule has 0 spiro atoms. The lowest BCUT2D eigenvalue weighted by Gasteiger charge is -2.10. The van der Waals surface area contributed by atoms with E-state index < -0.39 is 5.82 Å². The third-order valence-electron chi connectivity index (χ3n) is 3.17. The van der Waals surface area contributed by atoms with Crippen molar-refractivity contribution in [2.75, 3.05) is 12.8 Å². The molecule has 0 aliphatic carbocycles. The van der Waals surface area contributed by atoms with Crippen LogP contribution >= 0.6 is 0 Å². The average molecular weight is 277 g/mol. The SMILES string of the molecule is COc1ccc(-c2nc(C)n(CC(C)C)c2N)cc1F. The lowest BCUT2D eigenvalue weighted by molar-refractivity contribution is 0.386. The summed E-state index contributed by atoms with van der Waals surface area (Å²) in [6.45, 7) is 6.93. The molecule has 0 aliphatic rings. The molecule has 0 amide bonds. The van der Waals surface area contributed by atoms with E-state index in [2.05, 4.69) is 18.8 Å². The van der Waals surface area contributed by atoms with Gasteiger partial charge in [-0.1, -0.05) is 13.8 Å². The summed E-state index contributed by atoms with van der Waals surface area (Å²) < 4.78 is 20.7. The number of ether oxygens (including phenoxy) is 1. The number of nitrogen functional groups attached to an aromatic ring is 1. The Balaban J connectivity index is 2.45. The number of methoxy groups -OCH3 is 1. The van der Waals surface area contributed by atoms with Gasteiger partial charge in [-0.2, -0.15) is 0 Å². The Morgan fingerprint density at radius 1 is 1.40 bits per heavy atom. The number of benzene rings is 1. The molecule has 1 aromatic carbocycles. The molecule has 0 atom stereocenters. The van der Waals surface area contributed by atoms with Gasteiger partial charge in [-0.05, 0) is 31.0 Å². The summed E-state index contributed by atoms with van der Waals surface area (Å²) in [5.41, 5.74) is 7.43. The van der Waals surface area contributed by atoms with Crippen LogP contribution in [0.5, 0.6) is 5.75 Å². The monoisotopic (exact) mass is 277 g/mol. The Labute approximate surface area is 118 Å². The number of aromatic nitrogens is 2. The smallest absolute Gasteiger partial charge is 0.165 e. The number of rotatable bonds is 4. The fourth-order valence-electron chi connectivity index (χ4n) is 2.20.